The molecule has 0 bridgehead atoms. The van der Waals surface area contributed by atoms with E-state index >= 15 is 0 Å². The second kappa shape index (κ2) is 9.41. The van der Waals surface area contributed by atoms with Crippen LogP contribution in [0.4, 0.5) is 5.82 Å². The number of nitrogens with two attached hydrogens (primary N) is 2. The van der Waals surface area contributed by atoms with Crippen LogP contribution in [-0.2, 0) is 0 Å². The standard InChI is InChI=1S/C28H27ClN6O/c29-23-12-18-8-11-25(36-20-4-2-1-3-5-20)34-24(18)13-21(23)22-15-35(19-9-6-17(14-30)7-10-19)28-26(22)27(31)32-16-33-28/h1-5,8,11-13,15-17,19H,6-7,9-10,14,30H2,(H2,31,32,33). The average Bonchev–Trinajstić information content (AvgIpc) is 3.30. The van der Waals surface area contributed by atoms with Crippen molar-refractivity contribution in [2.45, 2.75) is 31.7 Å². The molecule has 1 fully saturated rings. The molecule has 0 atom stereocenters. The SMILES string of the molecule is NCC1CCC(n2cc(-c3cc4nc(Oc5ccccc5)ccc4cc3Cl)c3c(N)ncnc32)CC1. The molecule has 1 aliphatic carbocycles. The van der Waals surface area contributed by atoms with Crippen LogP contribution < -0.4 is 16.2 Å². The number of pyridine rings is 1. The fourth-order valence-corrected chi connectivity index (χ4v) is 5.52. The van der Waals surface area contributed by atoms with Gasteiger partial charge in [-0.2, -0.15) is 0 Å². The van der Waals surface area contributed by atoms with Crippen molar-refractivity contribution in [1.82, 2.24) is 19.5 Å². The summed E-state index contributed by atoms with van der Waals surface area (Å²) in [5.74, 6) is 2.28. The maximum atomic E-state index is 6.83. The second-order valence-corrected chi connectivity index (χ2v) is 9.81. The molecule has 4 N–H and O–H groups in total. The molecule has 36 heavy (non-hydrogen) atoms. The molecule has 2 aromatic carbocycles. The van der Waals surface area contributed by atoms with Crippen LogP contribution >= 0.6 is 11.6 Å². The van der Waals surface area contributed by atoms with Crippen LogP contribution in [0.2, 0.25) is 5.02 Å². The number of ether oxygens (including phenoxy) is 1. The number of aromatic nitrogens is 4. The molecule has 7 nitrogen and oxygen atoms in total. The van der Waals surface area contributed by atoms with Crippen molar-refractivity contribution in [3.63, 3.8) is 0 Å². The number of nitrogen functional groups attached to an aromatic ring is 1. The molecule has 5 aromatic rings. The summed E-state index contributed by atoms with van der Waals surface area (Å²) in [6.07, 6.45) is 7.99. The molecule has 3 aromatic heterocycles. The van der Waals surface area contributed by atoms with Crippen LogP contribution in [0.5, 0.6) is 11.6 Å². The lowest BCUT2D eigenvalue weighted by Crippen LogP contribution is -2.23. The van der Waals surface area contributed by atoms with Crippen LogP contribution in [0.15, 0.2) is 67.1 Å². The van der Waals surface area contributed by atoms with Crippen molar-refractivity contribution in [2.75, 3.05) is 12.3 Å². The topological polar surface area (TPSA) is 105 Å². The Morgan fingerprint density at radius 2 is 1.78 bits per heavy atom. The van der Waals surface area contributed by atoms with E-state index in [4.69, 9.17) is 32.8 Å². The van der Waals surface area contributed by atoms with E-state index in [0.717, 1.165) is 71.0 Å². The number of halogens is 1. The third-order valence-electron chi connectivity index (χ3n) is 7.19. The Morgan fingerprint density at radius 3 is 2.56 bits per heavy atom. The fraction of sp³-hybridized carbons (Fsp3) is 0.250. The lowest BCUT2D eigenvalue weighted by Gasteiger charge is -2.29. The molecule has 0 amide bonds. The molecule has 0 radical (unpaired) electrons. The maximum absolute atomic E-state index is 6.83. The molecule has 182 valence electrons. The van der Waals surface area contributed by atoms with Crippen molar-refractivity contribution >= 4 is 39.4 Å². The van der Waals surface area contributed by atoms with E-state index in [1.165, 1.54) is 6.33 Å². The molecule has 1 saturated carbocycles. The zero-order valence-corrected chi connectivity index (χ0v) is 20.5. The number of para-hydroxylation sites is 1. The number of hydrogen-bond acceptors (Lipinski definition) is 6. The van der Waals surface area contributed by atoms with E-state index in [9.17, 15) is 0 Å². The third kappa shape index (κ3) is 4.14. The molecule has 0 aliphatic heterocycles. The summed E-state index contributed by atoms with van der Waals surface area (Å²) in [6.45, 7) is 0.745. The van der Waals surface area contributed by atoms with Crippen LogP contribution in [0.25, 0.3) is 33.1 Å². The number of fused-ring (bicyclic) bond motifs is 2. The largest absolute Gasteiger partial charge is 0.439 e. The average molecular weight is 499 g/mol. The Bertz CT molecular complexity index is 1540. The Morgan fingerprint density at radius 1 is 0.972 bits per heavy atom. The number of nitrogens with zero attached hydrogens (tertiary/aromatic N) is 4. The molecular weight excluding hydrogens is 472 g/mol. The van der Waals surface area contributed by atoms with Crippen LogP contribution in [0, 0.1) is 5.92 Å². The van der Waals surface area contributed by atoms with Crippen molar-refractivity contribution in [3.8, 4) is 22.8 Å². The van der Waals surface area contributed by atoms with Gasteiger partial charge in [0.25, 0.3) is 0 Å². The molecular formula is C28H27ClN6O. The van der Waals surface area contributed by atoms with Gasteiger partial charge in [-0.15, -0.1) is 0 Å². The summed E-state index contributed by atoms with van der Waals surface area (Å²) >= 11 is 6.83. The summed E-state index contributed by atoms with van der Waals surface area (Å²) in [6, 6.07) is 17.7. The number of anilines is 1. The van der Waals surface area contributed by atoms with E-state index in [-0.39, 0.29) is 0 Å². The smallest absolute Gasteiger partial charge is 0.219 e. The van der Waals surface area contributed by atoms with E-state index in [0.29, 0.717) is 28.7 Å². The van der Waals surface area contributed by atoms with E-state index in [1.807, 2.05) is 54.6 Å². The highest BCUT2D eigenvalue weighted by molar-refractivity contribution is 6.34. The van der Waals surface area contributed by atoms with Crippen LogP contribution in [0.3, 0.4) is 0 Å². The first-order chi connectivity index (χ1) is 17.6. The lowest BCUT2D eigenvalue weighted by molar-refractivity contribution is 0.283. The zero-order chi connectivity index (χ0) is 24.6. The Balaban J connectivity index is 1.44. The van der Waals surface area contributed by atoms with Gasteiger partial charge in [0.15, 0.2) is 0 Å². The maximum Gasteiger partial charge on any atom is 0.219 e. The zero-order valence-electron chi connectivity index (χ0n) is 19.8. The first kappa shape index (κ1) is 22.8. The van der Waals surface area contributed by atoms with Crippen molar-refractivity contribution in [1.29, 1.82) is 0 Å². The summed E-state index contributed by atoms with van der Waals surface area (Å²) in [5, 5.41) is 2.36. The van der Waals surface area contributed by atoms with Gasteiger partial charge in [0, 0.05) is 39.8 Å². The van der Waals surface area contributed by atoms with Crippen molar-refractivity contribution in [2.24, 2.45) is 11.7 Å². The van der Waals surface area contributed by atoms with Crippen LogP contribution in [0.1, 0.15) is 31.7 Å². The minimum Gasteiger partial charge on any atom is -0.439 e. The summed E-state index contributed by atoms with van der Waals surface area (Å²) < 4.78 is 8.20. The molecule has 3 heterocycles. The molecule has 8 heteroatoms. The molecule has 0 unspecified atom stereocenters. The normalized spacial score (nSPS) is 18.1. The summed E-state index contributed by atoms with van der Waals surface area (Å²) in [5.41, 5.74) is 15.7. The minimum absolute atomic E-state index is 0.335. The number of benzene rings is 2. The predicted octanol–water partition coefficient (Wildman–Crippen LogP) is 6.36. The number of hydrogen-bond donors (Lipinski definition) is 2. The minimum atomic E-state index is 0.335. The second-order valence-electron chi connectivity index (χ2n) is 9.41. The highest BCUT2D eigenvalue weighted by atomic mass is 35.5. The molecule has 1 aliphatic rings. The van der Waals surface area contributed by atoms with Gasteiger partial charge < -0.3 is 20.8 Å². The Kier molecular flexibility index (Phi) is 5.95. The highest BCUT2D eigenvalue weighted by Gasteiger charge is 2.26. The molecule has 0 saturated heterocycles. The van der Waals surface area contributed by atoms with Crippen molar-refractivity contribution in [3.05, 3.63) is 72.1 Å². The molecule has 0 spiro atoms. The van der Waals surface area contributed by atoms with Gasteiger partial charge in [-0.1, -0.05) is 29.8 Å². The lowest BCUT2D eigenvalue weighted by atomic mass is 9.86. The van der Waals surface area contributed by atoms with Crippen molar-refractivity contribution < 1.29 is 4.74 Å². The first-order valence-corrected chi connectivity index (χ1v) is 12.6. The van der Waals surface area contributed by atoms with Gasteiger partial charge >= 0.3 is 0 Å². The van der Waals surface area contributed by atoms with E-state index < -0.39 is 0 Å². The summed E-state index contributed by atoms with van der Waals surface area (Å²) in [7, 11) is 0. The monoisotopic (exact) mass is 498 g/mol. The number of rotatable bonds is 5. The van der Waals surface area contributed by atoms with Gasteiger partial charge in [0.1, 0.15) is 23.5 Å². The van der Waals surface area contributed by atoms with Gasteiger partial charge in [0.2, 0.25) is 5.88 Å². The fourth-order valence-electron chi connectivity index (χ4n) is 5.25. The van der Waals surface area contributed by atoms with Gasteiger partial charge in [-0.05, 0) is 68.5 Å². The predicted molar refractivity (Wildman–Crippen MR) is 144 cm³/mol. The van der Waals surface area contributed by atoms with E-state index in [1.54, 1.807) is 0 Å². The van der Waals surface area contributed by atoms with Gasteiger partial charge in [0.05, 0.1) is 10.9 Å². The highest BCUT2D eigenvalue weighted by Crippen LogP contribution is 2.42. The van der Waals surface area contributed by atoms with E-state index in [2.05, 4.69) is 20.7 Å². The first-order valence-electron chi connectivity index (χ1n) is 12.3. The summed E-state index contributed by atoms with van der Waals surface area (Å²) in [4.78, 5) is 13.7. The quantitative estimate of drug-likeness (QED) is 0.292. The Labute approximate surface area is 214 Å². The molecule has 6 rings (SSSR count). The van der Waals surface area contributed by atoms with Crippen LogP contribution in [-0.4, -0.2) is 26.1 Å². The third-order valence-corrected chi connectivity index (χ3v) is 7.50. The van der Waals surface area contributed by atoms with Gasteiger partial charge in [-0.25, -0.2) is 15.0 Å². The van der Waals surface area contributed by atoms with Gasteiger partial charge in [-0.3, -0.25) is 0 Å². The Hall–Kier alpha value is -3.68.